The average Bonchev–Trinajstić information content (AvgIpc) is 2.88. The van der Waals surface area contributed by atoms with Gasteiger partial charge in [0, 0.05) is 25.5 Å². The molecule has 0 unspecified atom stereocenters. The van der Waals surface area contributed by atoms with Crippen molar-refractivity contribution in [2.75, 3.05) is 6.54 Å². The third-order valence-electron chi connectivity index (χ3n) is 3.37. The number of rotatable bonds is 4. The Morgan fingerprint density at radius 3 is 2.77 bits per heavy atom. The monoisotopic (exact) mass is 319 g/mol. The lowest BCUT2D eigenvalue weighted by atomic mass is 10.3. The minimum absolute atomic E-state index is 0.0575. The van der Waals surface area contributed by atoms with Crippen LogP contribution in [0.3, 0.4) is 0 Å². The number of aromatic nitrogens is 2. The third kappa shape index (κ3) is 2.38. The van der Waals surface area contributed by atoms with Crippen molar-refractivity contribution >= 4 is 20.9 Å². The van der Waals surface area contributed by atoms with Crippen molar-refractivity contribution in [1.29, 1.82) is 0 Å². The maximum atomic E-state index is 13.4. The summed E-state index contributed by atoms with van der Waals surface area (Å²) in [4.78, 5) is 4.13. The van der Waals surface area contributed by atoms with E-state index in [1.54, 1.807) is 16.7 Å². The largest absolute Gasteiger partial charge is 0.344 e. The molecule has 0 bridgehead atoms. The molecule has 3 rings (SSSR count). The summed E-state index contributed by atoms with van der Waals surface area (Å²) in [5, 5.41) is 0. The van der Waals surface area contributed by atoms with E-state index >= 15 is 0 Å². The van der Waals surface area contributed by atoms with Crippen molar-refractivity contribution < 1.29 is 12.8 Å². The molecule has 0 saturated carbocycles. The lowest BCUT2D eigenvalue weighted by molar-refractivity contribution is 0.590. The number of pyridine rings is 1. The first-order valence-corrected chi connectivity index (χ1v) is 8.17. The smallest absolute Gasteiger partial charge is 0.210 e. The van der Waals surface area contributed by atoms with Crippen molar-refractivity contribution in [3.05, 3.63) is 54.6 Å². The Hall–Kier alpha value is -2.25. The summed E-state index contributed by atoms with van der Waals surface area (Å²) in [6, 6.07) is 8.46. The molecule has 0 spiro atoms. The summed E-state index contributed by atoms with van der Waals surface area (Å²) in [6.07, 6.45) is 3.03. The summed E-state index contributed by atoms with van der Waals surface area (Å²) >= 11 is 0. The maximum absolute atomic E-state index is 13.4. The van der Waals surface area contributed by atoms with Crippen LogP contribution < -0.4 is 5.73 Å². The van der Waals surface area contributed by atoms with Crippen molar-refractivity contribution in [2.45, 2.75) is 16.3 Å². The summed E-state index contributed by atoms with van der Waals surface area (Å²) in [7, 11) is -3.85. The van der Waals surface area contributed by atoms with Gasteiger partial charge in [-0.1, -0.05) is 6.07 Å². The number of nitrogens with two attached hydrogens (primary N) is 1. The molecule has 2 heterocycles. The van der Waals surface area contributed by atoms with Crippen LogP contribution in [0.25, 0.3) is 11.0 Å². The van der Waals surface area contributed by atoms with E-state index in [4.69, 9.17) is 5.73 Å². The van der Waals surface area contributed by atoms with E-state index in [0.29, 0.717) is 24.1 Å². The van der Waals surface area contributed by atoms with Gasteiger partial charge >= 0.3 is 0 Å². The van der Waals surface area contributed by atoms with Gasteiger partial charge in [-0.05, 0) is 30.3 Å². The van der Waals surface area contributed by atoms with E-state index in [9.17, 15) is 12.8 Å². The Labute approximate surface area is 127 Å². The predicted octanol–water partition coefficient (Wildman–Crippen LogP) is 1.97. The minimum atomic E-state index is -3.85. The highest BCUT2D eigenvalue weighted by molar-refractivity contribution is 7.91. The first kappa shape index (κ1) is 14.7. The Morgan fingerprint density at radius 1 is 1.23 bits per heavy atom. The molecule has 0 aliphatic rings. The van der Waals surface area contributed by atoms with Gasteiger partial charge < -0.3 is 10.3 Å². The highest BCUT2D eigenvalue weighted by atomic mass is 32.2. The zero-order chi connectivity index (χ0) is 15.7. The molecule has 0 saturated heterocycles. The number of sulfone groups is 1. The van der Waals surface area contributed by atoms with E-state index in [0.717, 1.165) is 6.07 Å². The Bertz CT molecular complexity index is 935. The van der Waals surface area contributed by atoms with Gasteiger partial charge in [0.05, 0.1) is 10.4 Å². The highest BCUT2D eigenvalue weighted by Gasteiger charge is 2.24. The zero-order valence-electron chi connectivity index (χ0n) is 11.6. The van der Waals surface area contributed by atoms with Crippen molar-refractivity contribution in [3.8, 4) is 0 Å². The molecule has 0 aliphatic heterocycles. The summed E-state index contributed by atoms with van der Waals surface area (Å²) in [5.74, 6) is -0.597. The number of benzene rings is 1. The molecule has 5 nitrogen and oxygen atoms in total. The average molecular weight is 319 g/mol. The Balaban J connectivity index is 2.25. The van der Waals surface area contributed by atoms with Gasteiger partial charge in [-0.3, -0.25) is 4.98 Å². The second-order valence-electron chi connectivity index (χ2n) is 4.81. The van der Waals surface area contributed by atoms with Crippen LogP contribution in [-0.4, -0.2) is 24.5 Å². The standard InChI is InChI=1S/C15H14FN3O2S/c16-11-3-1-4-12(9-11)22(20,21)14-10-19(8-6-17)13-5-2-7-18-15(13)14/h1-5,7,9-10H,6,8,17H2. The lowest BCUT2D eigenvalue weighted by Crippen LogP contribution is -2.09. The minimum Gasteiger partial charge on any atom is -0.344 e. The van der Waals surface area contributed by atoms with E-state index in [1.165, 1.54) is 30.6 Å². The predicted molar refractivity (Wildman–Crippen MR) is 80.6 cm³/mol. The van der Waals surface area contributed by atoms with Gasteiger partial charge in [-0.2, -0.15) is 0 Å². The molecule has 0 radical (unpaired) electrons. The van der Waals surface area contributed by atoms with E-state index in [1.807, 2.05) is 0 Å². The normalized spacial score (nSPS) is 11.9. The molecule has 0 atom stereocenters. The number of hydrogen-bond donors (Lipinski definition) is 1. The Kier molecular flexibility index (Phi) is 3.67. The second kappa shape index (κ2) is 5.51. The van der Waals surface area contributed by atoms with Crippen molar-refractivity contribution in [2.24, 2.45) is 5.73 Å². The Morgan fingerprint density at radius 2 is 2.05 bits per heavy atom. The molecule has 22 heavy (non-hydrogen) atoms. The zero-order valence-corrected chi connectivity index (χ0v) is 12.4. The van der Waals surface area contributed by atoms with E-state index in [-0.39, 0.29) is 9.79 Å². The van der Waals surface area contributed by atoms with Gasteiger partial charge in [-0.15, -0.1) is 0 Å². The molecule has 0 fully saturated rings. The number of nitrogens with zero attached hydrogens (tertiary/aromatic N) is 2. The first-order chi connectivity index (χ1) is 10.5. The molecule has 2 aromatic heterocycles. The fourth-order valence-electron chi connectivity index (χ4n) is 2.37. The third-order valence-corrected chi connectivity index (χ3v) is 5.12. The highest BCUT2D eigenvalue weighted by Crippen LogP contribution is 2.28. The molecule has 7 heteroatoms. The first-order valence-electron chi connectivity index (χ1n) is 6.68. The number of hydrogen-bond acceptors (Lipinski definition) is 4. The molecule has 0 amide bonds. The van der Waals surface area contributed by atoms with Gasteiger partial charge in [0.25, 0.3) is 0 Å². The van der Waals surface area contributed by atoms with Crippen molar-refractivity contribution in [1.82, 2.24) is 9.55 Å². The number of fused-ring (bicyclic) bond motifs is 1. The molecule has 1 aromatic carbocycles. The van der Waals surface area contributed by atoms with Crippen LogP contribution in [0.2, 0.25) is 0 Å². The van der Waals surface area contributed by atoms with Gasteiger partial charge in [0.1, 0.15) is 16.2 Å². The summed E-state index contributed by atoms with van der Waals surface area (Å²) in [6.45, 7) is 0.846. The van der Waals surface area contributed by atoms with E-state index in [2.05, 4.69) is 4.98 Å². The van der Waals surface area contributed by atoms with Crippen molar-refractivity contribution in [3.63, 3.8) is 0 Å². The topological polar surface area (TPSA) is 78.0 Å². The SMILES string of the molecule is NCCn1cc(S(=O)(=O)c2cccc(F)c2)c2ncccc21. The fraction of sp³-hybridized carbons (Fsp3) is 0.133. The van der Waals surface area contributed by atoms with Crippen LogP contribution in [0.15, 0.2) is 58.6 Å². The lowest BCUT2D eigenvalue weighted by Gasteiger charge is -2.02. The van der Waals surface area contributed by atoms with Crippen LogP contribution in [0.5, 0.6) is 0 Å². The quantitative estimate of drug-likeness (QED) is 0.797. The van der Waals surface area contributed by atoms with E-state index < -0.39 is 15.7 Å². The van der Waals surface area contributed by atoms with Crippen LogP contribution >= 0.6 is 0 Å². The molecule has 3 aromatic rings. The van der Waals surface area contributed by atoms with Crippen LogP contribution in [-0.2, 0) is 16.4 Å². The molecular formula is C15H14FN3O2S. The summed E-state index contributed by atoms with van der Waals surface area (Å²) in [5.41, 5.74) is 6.61. The molecular weight excluding hydrogens is 305 g/mol. The molecule has 2 N–H and O–H groups in total. The fourth-order valence-corrected chi connectivity index (χ4v) is 3.83. The van der Waals surface area contributed by atoms with Gasteiger partial charge in [0.15, 0.2) is 0 Å². The van der Waals surface area contributed by atoms with Crippen LogP contribution in [0.4, 0.5) is 4.39 Å². The van der Waals surface area contributed by atoms with Gasteiger partial charge in [-0.25, -0.2) is 12.8 Å². The number of halogens is 1. The van der Waals surface area contributed by atoms with Crippen LogP contribution in [0.1, 0.15) is 0 Å². The second-order valence-corrected chi connectivity index (χ2v) is 6.73. The van der Waals surface area contributed by atoms with Crippen LogP contribution in [0, 0.1) is 5.82 Å². The summed E-state index contributed by atoms with van der Waals surface area (Å²) < 4.78 is 40.6. The molecule has 0 aliphatic carbocycles. The molecule has 114 valence electrons. The maximum Gasteiger partial charge on any atom is 0.210 e. The van der Waals surface area contributed by atoms with Gasteiger partial charge in [0.2, 0.25) is 9.84 Å².